The Morgan fingerprint density at radius 2 is 1.90 bits per heavy atom. The molecule has 4 nitrogen and oxygen atoms in total. The van der Waals surface area contributed by atoms with Crippen LogP contribution in [0.2, 0.25) is 0 Å². The lowest BCUT2D eigenvalue weighted by molar-refractivity contribution is 0.0570. The molecular weight excluding hydrogens is 354 g/mol. The molecule has 0 bridgehead atoms. The molecule has 1 saturated heterocycles. The average molecular weight is 374 g/mol. The van der Waals surface area contributed by atoms with E-state index < -0.39 is 10.0 Å². The van der Waals surface area contributed by atoms with Crippen molar-refractivity contribution in [2.45, 2.75) is 37.0 Å². The van der Waals surface area contributed by atoms with Crippen LogP contribution in [0.1, 0.15) is 24.8 Å². The molecule has 0 radical (unpaired) electrons. The van der Waals surface area contributed by atoms with E-state index in [9.17, 15) is 8.42 Å². The van der Waals surface area contributed by atoms with Gasteiger partial charge in [0, 0.05) is 23.0 Å². The second-order valence-corrected chi connectivity index (χ2v) is 8.78. The Kier molecular flexibility index (Phi) is 4.69. The molecule has 2 atom stereocenters. The highest BCUT2D eigenvalue weighted by atomic mass is 79.9. The molecule has 1 aliphatic carbocycles. The molecule has 1 N–H and O–H groups in total. The van der Waals surface area contributed by atoms with E-state index in [1.54, 1.807) is 0 Å². The van der Waals surface area contributed by atoms with Crippen molar-refractivity contribution in [3.8, 4) is 0 Å². The van der Waals surface area contributed by atoms with Crippen molar-refractivity contribution in [1.29, 1.82) is 0 Å². The molecular formula is C15H20BrNO3S. The van der Waals surface area contributed by atoms with Gasteiger partial charge in [-0.05, 0) is 43.4 Å². The van der Waals surface area contributed by atoms with Crippen LogP contribution in [0.4, 0.5) is 0 Å². The highest BCUT2D eigenvalue weighted by Gasteiger charge is 2.39. The zero-order chi connectivity index (χ0) is 14.9. The van der Waals surface area contributed by atoms with E-state index in [1.807, 2.05) is 24.3 Å². The molecule has 0 aromatic heterocycles. The molecule has 2 fully saturated rings. The van der Waals surface area contributed by atoms with Crippen LogP contribution in [0, 0.1) is 5.92 Å². The fourth-order valence-corrected chi connectivity index (χ4v) is 5.05. The van der Waals surface area contributed by atoms with Gasteiger partial charge in [-0.15, -0.1) is 0 Å². The van der Waals surface area contributed by atoms with Crippen molar-refractivity contribution in [2.75, 3.05) is 13.2 Å². The predicted molar refractivity (Wildman–Crippen MR) is 85.6 cm³/mol. The lowest BCUT2D eigenvalue weighted by Gasteiger charge is -2.31. The SMILES string of the molecule is O=S(=O)(NC1CC1)[C@@H]1CCOC[C@H]1Cc1ccc(Br)cc1. The van der Waals surface area contributed by atoms with E-state index in [4.69, 9.17) is 4.74 Å². The molecule has 0 unspecified atom stereocenters. The number of ether oxygens (including phenoxy) is 1. The quantitative estimate of drug-likeness (QED) is 0.862. The highest BCUT2D eigenvalue weighted by Crippen LogP contribution is 2.28. The molecule has 1 saturated carbocycles. The van der Waals surface area contributed by atoms with Gasteiger partial charge in [-0.25, -0.2) is 13.1 Å². The lowest BCUT2D eigenvalue weighted by atomic mass is 9.94. The van der Waals surface area contributed by atoms with E-state index in [-0.39, 0.29) is 17.2 Å². The number of hydrogen-bond acceptors (Lipinski definition) is 3. The zero-order valence-electron chi connectivity index (χ0n) is 11.8. The fraction of sp³-hybridized carbons (Fsp3) is 0.600. The summed E-state index contributed by atoms with van der Waals surface area (Å²) < 4.78 is 34.4. The maximum Gasteiger partial charge on any atom is 0.215 e. The van der Waals surface area contributed by atoms with Gasteiger partial charge in [-0.3, -0.25) is 0 Å². The molecule has 1 heterocycles. The first-order valence-electron chi connectivity index (χ1n) is 7.38. The molecule has 6 heteroatoms. The van der Waals surface area contributed by atoms with Crippen LogP contribution in [0.3, 0.4) is 0 Å². The van der Waals surface area contributed by atoms with Crippen molar-refractivity contribution in [3.63, 3.8) is 0 Å². The van der Waals surface area contributed by atoms with Gasteiger partial charge >= 0.3 is 0 Å². The van der Waals surface area contributed by atoms with Crippen LogP contribution in [0.25, 0.3) is 0 Å². The fourth-order valence-electron chi connectivity index (χ4n) is 2.82. The second-order valence-electron chi connectivity index (χ2n) is 5.93. The topological polar surface area (TPSA) is 55.4 Å². The van der Waals surface area contributed by atoms with Crippen LogP contribution in [-0.4, -0.2) is 32.9 Å². The van der Waals surface area contributed by atoms with Gasteiger partial charge in [0.2, 0.25) is 10.0 Å². The molecule has 21 heavy (non-hydrogen) atoms. The first kappa shape index (κ1) is 15.5. The summed E-state index contributed by atoms with van der Waals surface area (Å²) in [7, 11) is -3.24. The van der Waals surface area contributed by atoms with Gasteiger partial charge in [0.1, 0.15) is 0 Å². The van der Waals surface area contributed by atoms with Gasteiger partial charge < -0.3 is 4.74 Å². The number of benzene rings is 1. The Morgan fingerprint density at radius 3 is 2.57 bits per heavy atom. The molecule has 116 valence electrons. The number of rotatable bonds is 5. The first-order valence-corrected chi connectivity index (χ1v) is 9.72. The number of sulfonamides is 1. The highest BCUT2D eigenvalue weighted by molar-refractivity contribution is 9.10. The minimum absolute atomic E-state index is 0.0242. The van der Waals surface area contributed by atoms with Crippen molar-refractivity contribution in [3.05, 3.63) is 34.3 Å². The Labute approximate surface area is 134 Å². The summed E-state index contributed by atoms with van der Waals surface area (Å²) in [5.74, 6) is 0.0242. The van der Waals surface area contributed by atoms with Gasteiger partial charge in [0.25, 0.3) is 0 Å². The van der Waals surface area contributed by atoms with E-state index >= 15 is 0 Å². The molecule has 2 aliphatic rings. The third-order valence-electron chi connectivity index (χ3n) is 4.12. The summed E-state index contributed by atoms with van der Waals surface area (Å²) in [6.07, 6.45) is 3.27. The third kappa shape index (κ3) is 4.06. The largest absolute Gasteiger partial charge is 0.381 e. The summed E-state index contributed by atoms with van der Waals surface area (Å²) in [6, 6.07) is 8.23. The number of hydrogen-bond donors (Lipinski definition) is 1. The average Bonchev–Trinajstić information content (AvgIpc) is 3.25. The van der Waals surface area contributed by atoms with Crippen LogP contribution in [0.15, 0.2) is 28.7 Å². The Morgan fingerprint density at radius 1 is 1.19 bits per heavy atom. The normalized spacial score (nSPS) is 26.7. The minimum atomic E-state index is -3.24. The van der Waals surface area contributed by atoms with Crippen LogP contribution < -0.4 is 4.72 Å². The molecule has 0 spiro atoms. The number of nitrogens with one attached hydrogen (secondary N) is 1. The van der Waals surface area contributed by atoms with Gasteiger partial charge in [0.05, 0.1) is 11.9 Å². The van der Waals surface area contributed by atoms with Crippen molar-refractivity contribution >= 4 is 26.0 Å². The van der Waals surface area contributed by atoms with Crippen LogP contribution in [-0.2, 0) is 21.2 Å². The zero-order valence-corrected chi connectivity index (χ0v) is 14.2. The van der Waals surface area contributed by atoms with Crippen LogP contribution >= 0.6 is 15.9 Å². The summed E-state index contributed by atoms with van der Waals surface area (Å²) in [4.78, 5) is 0. The van der Waals surface area contributed by atoms with Crippen LogP contribution in [0.5, 0.6) is 0 Å². The number of halogens is 1. The van der Waals surface area contributed by atoms with Crippen molar-refractivity contribution in [2.24, 2.45) is 5.92 Å². The summed E-state index contributed by atoms with van der Waals surface area (Å²) >= 11 is 3.42. The Balaban J connectivity index is 1.72. The smallest absolute Gasteiger partial charge is 0.215 e. The van der Waals surface area contributed by atoms with Gasteiger partial charge in [-0.2, -0.15) is 0 Å². The molecule has 1 aromatic carbocycles. The minimum Gasteiger partial charge on any atom is -0.381 e. The van der Waals surface area contributed by atoms with E-state index in [2.05, 4.69) is 20.7 Å². The maximum atomic E-state index is 12.5. The second kappa shape index (κ2) is 6.36. The maximum absolute atomic E-state index is 12.5. The Bertz CT molecular complexity index is 583. The van der Waals surface area contributed by atoms with Crippen molar-refractivity contribution < 1.29 is 13.2 Å². The van der Waals surface area contributed by atoms with Gasteiger partial charge in [0.15, 0.2) is 0 Å². The molecule has 3 rings (SSSR count). The summed E-state index contributed by atoms with van der Waals surface area (Å²) in [5, 5.41) is -0.338. The first-order chi connectivity index (χ1) is 10.0. The van der Waals surface area contributed by atoms with Gasteiger partial charge in [-0.1, -0.05) is 28.1 Å². The van der Waals surface area contributed by atoms with E-state index in [0.29, 0.717) is 19.6 Å². The molecule has 0 amide bonds. The lowest BCUT2D eigenvalue weighted by Crippen LogP contribution is -2.45. The molecule has 1 aliphatic heterocycles. The van der Waals surface area contributed by atoms with Crippen molar-refractivity contribution in [1.82, 2.24) is 4.72 Å². The summed E-state index contributed by atoms with van der Waals surface area (Å²) in [5.41, 5.74) is 1.15. The summed E-state index contributed by atoms with van der Waals surface area (Å²) in [6.45, 7) is 1.05. The molecule has 1 aromatic rings. The third-order valence-corrected chi connectivity index (χ3v) is 6.73. The monoisotopic (exact) mass is 373 g/mol. The standard InChI is InChI=1S/C15H20BrNO3S/c16-13-3-1-11(2-4-13)9-12-10-20-8-7-15(12)21(18,19)17-14-5-6-14/h1-4,12,14-15,17H,5-10H2/t12-,15-/m1/s1. The van der Waals surface area contributed by atoms with E-state index in [1.165, 1.54) is 0 Å². The predicted octanol–water partition coefficient (Wildman–Crippen LogP) is 2.48. The van der Waals surface area contributed by atoms with E-state index in [0.717, 1.165) is 29.3 Å². The Hall–Kier alpha value is -0.430.